The summed E-state index contributed by atoms with van der Waals surface area (Å²) in [4.78, 5) is 47.5. The first-order valence-corrected chi connectivity index (χ1v) is 15.5. The summed E-state index contributed by atoms with van der Waals surface area (Å²) >= 11 is 17.5. The number of nitrogens with zero attached hydrogens (tertiary/aromatic N) is 5. The van der Waals surface area contributed by atoms with Gasteiger partial charge in [-0.1, -0.05) is 77.3 Å². The molecule has 2 aliphatic rings. The molecule has 0 bridgehead atoms. The minimum absolute atomic E-state index is 0.0521. The quantitative estimate of drug-likeness (QED) is 0.371. The lowest BCUT2D eigenvalue weighted by molar-refractivity contribution is -0.136. The number of likely N-dealkylation sites (tertiary alicyclic amines) is 1. The number of ether oxygens (including phenoxy) is 2. The Hall–Kier alpha value is -3.39. The van der Waals surface area contributed by atoms with Gasteiger partial charge < -0.3 is 19.3 Å². The molecular weight excluding hydrogens is 629 g/mol. The number of carbonyl (C=O) groups excluding carboxylic acids is 3. The molecule has 2 aromatic rings. The second-order valence-electron chi connectivity index (χ2n) is 11.8. The number of carbonyl (C=O) groups is 3. The molecule has 236 valence electrons. The van der Waals surface area contributed by atoms with Gasteiger partial charge in [-0.2, -0.15) is 5.26 Å². The van der Waals surface area contributed by atoms with Gasteiger partial charge in [-0.05, 0) is 44.9 Å². The lowest BCUT2D eigenvalue weighted by atomic mass is 10.1. The molecular formula is C31H36Cl3N5O5. The van der Waals surface area contributed by atoms with Crippen molar-refractivity contribution in [2.75, 3.05) is 44.2 Å². The number of halogens is 3. The lowest BCUT2D eigenvalue weighted by Gasteiger charge is -2.38. The highest BCUT2D eigenvalue weighted by molar-refractivity contribution is 6.67. The molecule has 0 aliphatic carbocycles. The van der Waals surface area contributed by atoms with Crippen molar-refractivity contribution in [3.8, 4) is 6.07 Å². The van der Waals surface area contributed by atoms with E-state index in [1.807, 2.05) is 48.5 Å². The zero-order valence-electron chi connectivity index (χ0n) is 24.9. The summed E-state index contributed by atoms with van der Waals surface area (Å²) in [7, 11) is 0. The summed E-state index contributed by atoms with van der Waals surface area (Å²) < 4.78 is 9.22. The van der Waals surface area contributed by atoms with Crippen LogP contribution in [0.5, 0.6) is 0 Å². The molecule has 2 aliphatic heterocycles. The van der Waals surface area contributed by atoms with Crippen LogP contribution in [0, 0.1) is 11.3 Å². The van der Waals surface area contributed by atoms with Crippen LogP contribution in [0.4, 0.5) is 15.3 Å². The maximum absolute atomic E-state index is 14.0. The first-order chi connectivity index (χ1) is 20.8. The molecule has 10 nitrogen and oxygen atoms in total. The molecule has 44 heavy (non-hydrogen) atoms. The number of alkyl halides is 3. The van der Waals surface area contributed by atoms with E-state index in [0.717, 1.165) is 11.3 Å². The maximum Gasteiger partial charge on any atom is 0.411 e. The normalized spacial score (nSPS) is 18.9. The van der Waals surface area contributed by atoms with Crippen LogP contribution in [0.15, 0.2) is 54.6 Å². The smallest absolute Gasteiger partial charge is 0.411 e. The zero-order chi connectivity index (χ0) is 32.1. The predicted octanol–water partition coefficient (Wildman–Crippen LogP) is 5.59. The monoisotopic (exact) mass is 663 g/mol. The molecule has 0 aromatic heterocycles. The van der Waals surface area contributed by atoms with Crippen LogP contribution in [0.3, 0.4) is 0 Å². The summed E-state index contributed by atoms with van der Waals surface area (Å²) in [6.07, 6.45) is -1.20. The van der Waals surface area contributed by atoms with Gasteiger partial charge in [0.1, 0.15) is 24.3 Å². The van der Waals surface area contributed by atoms with E-state index < -0.39 is 40.3 Å². The Kier molecular flexibility index (Phi) is 10.8. The first-order valence-electron chi connectivity index (χ1n) is 14.3. The van der Waals surface area contributed by atoms with Crippen LogP contribution in [0.1, 0.15) is 38.3 Å². The van der Waals surface area contributed by atoms with Crippen LogP contribution in [-0.4, -0.2) is 93.6 Å². The number of piperazine rings is 1. The highest BCUT2D eigenvalue weighted by Gasteiger charge is 2.46. The van der Waals surface area contributed by atoms with E-state index in [1.165, 1.54) is 9.80 Å². The van der Waals surface area contributed by atoms with E-state index in [-0.39, 0.29) is 25.4 Å². The number of anilines is 1. The van der Waals surface area contributed by atoms with Crippen molar-refractivity contribution in [2.45, 2.75) is 55.2 Å². The van der Waals surface area contributed by atoms with Gasteiger partial charge in [0.05, 0.1) is 17.3 Å². The van der Waals surface area contributed by atoms with Gasteiger partial charge in [0.2, 0.25) is 9.70 Å². The lowest BCUT2D eigenvalue weighted by Crippen LogP contribution is -2.55. The summed E-state index contributed by atoms with van der Waals surface area (Å²) in [5.41, 5.74) is 1.42. The van der Waals surface area contributed by atoms with Crippen molar-refractivity contribution < 1.29 is 23.9 Å². The van der Waals surface area contributed by atoms with Crippen molar-refractivity contribution in [1.29, 1.82) is 5.26 Å². The average molecular weight is 665 g/mol. The topological polar surface area (TPSA) is 106 Å². The summed E-state index contributed by atoms with van der Waals surface area (Å²) in [6.45, 7) is 6.86. The highest BCUT2D eigenvalue weighted by atomic mass is 35.6. The number of amides is 3. The third-order valence-electron chi connectivity index (χ3n) is 7.38. The Morgan fingerprint density at radius 3 is 2.23 bits per heavy atom. The Morgan fingerprint density at radius 2 is 1.61 bits per heavy atom. The molecule has 2 heterocycles. The number of hydrogen-bond acceptors (Lipinski definition) is 7. The standard InChI is InChI=1S/C31H36Cl3N5O5/c1-30(2,3)44-29(42)39-20-24(38(19-22-9-5-4-6-10-22)28(41)43-21-31(32,33)34)17-26(39)27(40)37-15-13-36(14-16-37)25-12-8-7-11-23(25)18-35/h4-12,24,26H,13-17,19-21H2,1-3H3. The van der Waals surface area contributed by atoms with E-state index in [4.69, 9.17) is 44.3 Å². The molecule has 13 heteroatoms. The Balaban J connectivity index is 1.55. The Bertz CT molecular complexity index is 1370. The summed E-state index contributed by atoms with van der Waals surface area (Å²) in [5.74, 6) is -0.235. The second kappa shape index (κ2) is 14.1. The van der Waals surface area contributed by atoms with Crippen LogP contribution in [0.25, 0.3) is 0 Å². The highest BCUT2D eigenvalue weighted by Crippen LogP contribution is 2.30. The predicted molar refractivity (Wildman–Crippen MR) is 169 cm³/mol. The van der Waals surface area contributed by atoms with Crippen LogP contribution >= 0.6 is 34.8 Å². The number of rotatable bonds is 6. The summed E-state index contributed by atoms with van der Waals surface area (Å²) in [6, 6.07) is 17.4. The van der Waals surface area contributed by atoms with Crippen LogP contribution in [0.2, 0.25) is 0 Å². The molecule has 2 aromatic carbocycles. The van der Waals surface area contributed by atoms with Gasteiger partial charge in [0.25, 0.3) is 0 Å². The third-order valence-corrected chi connectivity index (χ3v) is 7.71. The van der Waals surface area contributed by atoms with Crippen molar-refractivity contribution in [3.05, 3.63) is 65.7 Å². The van der Waals surface area contributed by atoms with E-state index in [2.05, 4.69) is 11.0 Å². The van der Waals surface area contributed by atoms with Crippen molar-refractivity contribution in [1.82, 2.24) is 14.7 Å². The molecule has 0 spiro atoms. The molecule has 2 fully saturated rings. The third kappa shape index (κ3) is 8.84. The summed E-state index contributed by atoms with van der Waals surface area (Å²) in [5, 5.41) is 9.52. The number of nitriles is 1. The molecule has 2 saturated heterocycles. The minimum Gasteiger partial charge on any atom is -0.445 e. The fraction of sp³-hybridized carbons (Fsp3) is 0.484. The first kappa shape index (κ1) is 33.5. The number of benzene rings is 2. The van der Waals surface area contributed by atoms with Gasteiger partial charge in [-0.15, -0.1) is 0 Å². The molecule has 3 amide bonds. The molecule has 4 rings (SSSR count). The van der Waals surface area contributed by atoms with Crippen LogP contribution < -0.4 is 4.90 Å². The Labute approximate surface area is 272 Å². The van der Waals surface area contributed by atoms with E-state index >= 15 is 0 Å². The second-order valence-corrected chi connectivity index (χ2v) is 14.3. The van der Waals surface area contributed by atoms with Crippen LogP contribution in [-0.2, 0) is 20.8 Å². The average Bonchev–Trinajstić information content (AvgIpc) is 3.43. The van der Waals surface area contributed by atoms with Gasteiger partial charge in [0.15, 0.2) is 0 Å². The molecule has 0 N–H and O–H groups in total. The largest absolute Gasteiger partial charge is 0.445 e. The zero-order valence-corrected chi connectivity index (χ0v) is 27.2. The molecule has 0 radical (unpaired) electrons. The molecule has 2 unspecified atom stereocenters. The van der Waals surface area contributed by atoms with Gasteiger partial charge in [0, 0.05) is 39.3 Å². The molecule has 2 atom stereocenters. The van der Waals surface area contributed by atoms with Crippen molar-refractivity contribution in [3.63, 3.8) is 0 Å². The van der Waals surface area contributed by atoms with Crippen molar-refractivity contribution in [2.24, 2.45) is 0 Å². The number of para-hydroxylation sites is 1. The van der Waals surface area contributed by atoms with E-state index in [1.54, 1.807) is 31.7 Å². The van der Waals surface area contributed by atoms with Gasteiger partial charge in [-0.25, -0.2) is 9.59 Å². The fourth-order valence-corrected chi connectivity index (χ4v) is 5.53. The minimum atomic E-state index is -1.80. The maximum atomic E-state index is 14.0. The Morgan fingerprint density at radius 1 is 0.977 bits per heavy atom. The number of hydrogen-bond donors (Lipinski definition) is 0. The fourth-order valence-electron chi connectivity index (χ4n) is 5.37. The van der Waals surface area contributed by atoms with E-state index in [0.29, 0.717) is 31.7 Å². The van der Waals surface area contributed by atoms with Crippen molar-refractivity contribution >= 4 is 58.6 Å². The van der Waals surface area contributed by atoms with Gasteiger partial charge >= 0.3 is 12.2 Å². The van der Waals surface area contributed by atoms with E-state index in [9.17, 15) is 19.6 Å². The van der Waals surface area contributed by atoms with Gasteiger partial charge in [-0.3, -0.25) is 14.6 Å². The SMILES string of the molecule is CC(C)(C)OC(=O)N1CC(N(Cc2ccccc2)C(=O)OCC(Cl)(Cl)Cl)CC1C(=O)N1CCN(c2ccccc2C#N)CC1. The molecule has 0 saturated carbocycles.